The molecule has 0 fully saturated rings. The Kier molecular flexibility index (Phi) is 6.09. The first-order chi connectivity index (χ1) is 16.0. The third kappa shape index (κ3) is 5.03. The van der Waals surface area contributed by atoms with Crippen LogP contribution in [-0.4, -0.2) is 17.0 Å². The smallest absolute Gasteiger partial charge is 0.307 e. The number of hydrogen-bond donors (Lipinski definition) is 1. The molecule has 0 bridgehead atoms. The van der Waals surface area contributed by atoms with Gasteiger partial charge in [0.15, 0.2) is 5.76 Å². The lowest BCUT2D eigenvalue weighted by Gasteiger charge is -2.07. The van der Waals surface area contributed by atoms with Gasteiger partial charge in [0.2, 0.25) is 0 Å². The van der Waals surface area contributed by atoms with Gasteiger partial charge in [-0.15, -0.1) is 0 Å². The lowest BCUT2D eigenvalue weighted by Crippen LogP contribution is -2.16. The average molecular weight is 440 g/mol. The van der Waals surface area contributed by atoms with Crippen LogP contribution in [0.2, 0.25) is 0 Å². The highest BCUT2D eigenvalue weighted by Crippen LogP contribution is 2.24. The standard InChI is InChI=1S/C24H16N4O5/c25-13-17-3-1-2-4-18(17)15-32-21-8-5-16(6-9-21)14-26-27-24(29)23-12-19-11-20(28(30)31)7-10-22(19)33-23/h1-12,14H,15H2,(H,27,29)/b26-14+. The molecule has 0 spiro atoms. The molecule has 33 heavy (non-hydrogen) atoms. The summed E-state index contributed by atoms with van der Waals surface area (Å²) in [6.07, 6.45) is 1.46. The number of nitrogens with zero attached hydrogens (tertiary/aromatic N) is 3. The molecule has 9 nitrogen and oxygen atoms in total. The second-order valence-electron chi connectivity index (χ2n) is 6.92. The predicted octanol–water partition coefficient (Wildman–Crippen LogP) is 4.56. The van der Waals surface area contributed by atoms with E-state index in [1.54, 1.807) is 36.4 Å². The van der Waals surface area contributed by atoms with Gasteiger partial charge in [-0.1, -0.05) is 18.2 Å². The number of amides is 1. The summed E-state index contributed by atoms with van der Waals surface area (Å²) in [5, 5.41) is 24.4. The topological polar surface area (TPSA) is 131 Å². The molecule has 3 aromatic carbocycles. The number of carbonyl (C=O) groups is 1. The van der Waals surface area contributed by atoms with Crippen molar-refractivity contribution in [3.8, 4) is 11.8 Å². The maximum Gasteiger partial charge on any atom is 0.307 e. The Bertz CT molecular complexity index is 1400. The van der Waals surface area contributed by atoms with Gasteiger partial charge in [-0.2, -0.15) is 10.4 Å². The van der Waals surface area contributed by atoms with Gasteiger partial charge >= 0.3 is 5.91 Å². The molecular formula is C24H16N4O5. The molecule has 9 heteroatoms. The number of hydrazone groups is 1. The third-order valence-electron chi connectivity index (χ3n) is 4.73. The highest BCUT2D eigenvalue weighted by atomic mass is 16.6. The summed E-state index contributed by atoms with van der Waals surface area (Å²) in [7, 11) is 0. The molecule has 1 heterocycles. The lowest BCUT2D eigenvalue weighted by atomic mass is 10.1. The van der Waals surface area contributed by atoms with Crippen molar-refractivity contribution in [3.63, 3.8) is 0 Å². The SMILES string of the molecule is N#Cc1ccccc1COc1ccc(/C=N/NC(=O)c2cc3cc([N+](=O)[O-])ccc3o2)cc1. The van der Waals surface area contributed by atoms with Crippen LogP contribution >= 0.6 is 0 Å². The summed E-state index contributed by atoms with van der Waals surface area (Å²) in [5.74, 6) is 0.0329. The van der Waals surface area contributed by atoms with Gasteiger partial charge in [0.05, 0.1) is 22.8 Å². The fourth-order valence-corrected chi connectivity index (χ4v) is 3.04. The van der Waals surface area contributed by atoms with E-state index in [1.807, 2.05) is 12.1 Å². The third-order valence-corrected chi connectivity index (χ3v) is 4.73. The first kappa shape index (κ1) is 21.3. The molecule has 0 saturated heterocycles. The Morgan fingerprint density at radius 3 is 2.70 bits per heavy atom. The minimum absolute atomic E-state index is 0.0101. The number of non-ortho nitro benzene ring substituents is 1. The molecule has 1 aromatic heterocycles. The van der Waals surface area contributed by atoms with Gasteiger partial charge in [0.1, 0.15) is 17.9 Å². The van der Waals surface area contributed by atoms with Gasteiger partial charge < -0.3 is 9.15 Å². The second kappa shape index (κ2) is 9.45. The van der Waals surface area contributed by atoms with Crippen molar-refractivity contribution < 1.29 is 18.9 Å². The zero-order chi connectivity index (χ0) is 23.2. The number of hydrogen-bond acceptors (Lipinski definition) is 7. The number of carbonyl (C=O) groups excluding carboxylic acids is 1. The summed E-state index contributed by atoms with van der Waals surface area (Å²) in [4.78, 5) is 22.6. The van der Waals surface area contributed by atoms with Crippen LogP contribution in [-0.2, 0) is 6.61 Å². The summed E-state index contributed by atoms with van der Waals surface area (Å²) in [6.45, 7) is 0.272. The van der Waals surface area contributed by atoms with Gasteiger partial charge in [-0.05, 0) is 48.0 Å². The van der Waals surface area contributed by atoms with E-state index in [1.165, 1.54) is 30.5 Å². The van der Waals surface area contributed by atoms with E-state index in [4.69, 9.17) is 14.4 Å². The highest BCUT2D eigenvalue weighted by molar-refractivity contribution is 5.97. The summed E-state index contributed by atoms with van der Waals surface area (Å²) in [5.41, 5.74) is 4.73. The average Bonchev–Trinajstić information content (AvgIpc) is 3.27. The fourth-order valence-electron chi connectivity index (χ4n) is 3.04. The van der Waals surface area contributed by atoms with Crippen LogP contribution in [0.3, 0.4) is 0 Å². The number of benzene rings is 3. The largest absolute Gasteiger partial charge is 0.489 e. The Morgan fingerprint density at radius 2 is 1.94 bits per heavy atom. The van der Waals surface area contributed by atoms with E-state index < -0.39 is 10.8 Å². The molecule has 1 N–H and O–H groups in total. The van der Waals surface area contributed by atoms with Crippen LogP contribution < -0.4 is 10.2 Å². The Hall–Kier alpha value is -4.97. The van der Waals surface area contributed by atoms with E-state index in [0.29, 0.717) is 22.3 Å². The number of furan rings is 1. The zero-order valence-electron chi connectivity index (χ0n) is 17.1. The maximum atomic E-state index is 12.3. The number of nitrogens with one attached hydrogen (secondary N) is 1. The monoisotopic (exact) mass is 440 g/mol. The molecule has 0 aliphatic heterocycles. The fraction of sp³-hybridized carbons (Fsp3) is 0.0417. The quantitative estimate of drug-likeness (QED) is 0.255. The van der Waals surface area contributed by atoms with E-state index in [2.05, 4.69) is 16.6 Å². The number of nitro groups is 1. The molecule has 0 aliphatic rings. The number of nitro benzene ring substituents is 1. The van der Waals surface area contributed by atoms with Crippen molar-refractivity contribution in [1.82, 2.24) is 5.43 Å². The second-order valence-corrected chi connectivity index (χ2v) is 6.92. The van der Waals surface area contributed by atoms with Crippen molar-refractivity contribution in [2.45, 2.75) is 6.61 Å². The minimum Gasteiger partial charge on any atom is -0.489 e. The molecule has 0 aliphatic carbocycles. The van der Waals surface area contributed by atoms with Crippen LogP contribution in [0.15, 0.2) is 82.3 Å². The maximum absolute atomic E-state index is 12.3. The lowest BCUT2D eigenvalue weighted by molar-refractivity contribution is -0.384. The summed E-state index contributed by atoms with van der Waals surface area (Å²) < 4.78 is 11.1. The summed E-state index contributed by atoms with van der Waals surface area (Å²) >= 11 is 0. The van der Waals surface area contributed by atoms with E-state index in [9.17, 15) is 14.9 Å². The van der Waals surface area contributed by atoms with E-state index in [-0.39, 0.29) is 18.1 Å². The molecule has 0 atom stereocenters. The van der Waals surface area contributed by atoms with Crippen LogP contribution in [0.4, 0.5) is 5.69 Å². The van der Waals surface area contributed by atoms with E-state index in [0.717, 1.165) is 11.1 Å². The number of rotatable bonds is 7. The van der Waals surface area contributed by atoms with Gasteiger partial charge in [0, 0.05) is 23.1 Å². The summed E-state index contributed by atoms with van der Waals surface area (Å²) in [6, 6.07) is 21.9. The first-order valence-corrected chi connectivity index (χ1v) is 9.76. The minimum atomic E-state index is -0.582. The van der Waals surface area contributed by atoms with Crippen LogP contribution in [0, 0.1) is 21.4 Å². The highest BCUT2D eigenvalue weighted by Gasteiger charge is 2.14. The van der Waals surface area contributed by atoms with Crippen LogP contribution in [0.1, 0.15) is 27.2 Å². The molecule has 1 amide bonds. The Morgan fingerprint density at radius 1 is 1.15 bits per heavy atom. The normalized spacial score (nSPS) is 10.8. The van der Waals surface area contributed by atoms with Crippen molar-refractivity contribution in [2.75, 3.05) is 0 Å². The van der Waals surface area contributed by atoms with Crippen molar-refractivity contribution in [1.29, 1.82) is 5.26 Å². The van der Waals surface area contributed by atoms with Crippen molar-refractivity contribution in [2.24, 2.45) is 5.10 Å². The first-order valence-electron chi connectivity index (χ1n) is 9.76. The van der Waals surface area contributed by atoms with Crippen LogP contribution in [0.5, 0.6) is 5.75 Å². The Labute approximate surface area is 187 Å². The molecule has 162 valence electrons. The molecule has 0 unspecified atom stereocenters. The van der Waals surface area contributed by atoms with E-state index >= 15 is 0 Å². The van der Waals surface area contributed by atoms with Gasteiger partial charge in [0.25, 0.3) is 5.69 Å². The van der Waals surface area contributed by atoms with Crippen molar-refractivity contribution in [3.05, 3.63) is 105 Å². The van der Waals surface area contributed by atoms with Gasteiger partial charge in [-0.3, -0.25) is 14.9 Å². The van der Waals surface area contributed by atoms with Gasteiger partial charge in [-0.25, -0.2) is 5.43 Å². The molecule has 0 saturated carbocycles. The van der Waals surface area contributed by atoms with Crippen LogP contribution in [0.25, 0.3) is 11.0 Å². The molecule has 0 radical (unpaired) electrons. The number of fused-ring (bicyclic) bond motifs is 1. The molecule has 4 aromatic rings. The Balaban J connectivity index is 1.34. The predicted molar refractivity (Wildman–Crippen MR) is 120 cm³/mol. The zero-order valence-corrected chi connectivity index (χ0v) is 17.1. The molecular weight excluding hydrogens is 424 g/mol. The number of ether oxygens (including phenoxy) is 1. The molecule has 4 rings (SSSR count). The number of nitriles is 1. The van der Waals surface area contributed by atoms with Crippen molar-refractivity contribution >= 4 is 28.8 Å².